The van der Waals surface area contributed by atoms with Gasteiger partial charge in [0.1, 0.15) is 5.25 Å². The summed E-state index contributed by atoms with van der Waals surface area (Å²) < 4.78 is 0.654. The van der Waals surface area contributed by atoms with E-state index in [1.54, 1.807) is 24.5 Å². The molecule has 8 heteroatoms. The maximum atomic E-state index is 13.4. The third-order valence-corrected chi connectivity index (χ3v) is 7.64. The summed E-state index contributed by atoms with van der Waals surface area (Å²) in [6.45, 7) is 0. The number of thioether (sulfide) groups is 1. The minimum Gasteiger partial charge on any atom is -0.332 e. The number of H-pyrrole nitrogens is 1. The molecule has 5 rings (SSSR count). The Morgan fingerprint density at radius 3 is 2.63 bits per heavy atom. The number of fused-ring (bicyclic) bond motifs is 2. The van der Waals surface area contributed by atoms with E-state index in [0.717, 1.165) is 15.5 Å². The van der Waals surface area contributed by atoms with Crippen LogP contribution in [0.25, 0.3) is 0 Å². The highest BCUT2D eigenvalue weighted by Crippen LogP contribution is 2.53. The summed E-state index contributed by atoms with van der Waals surface area (Å²) in [4.78, 5) is 36.3. The topological polar surface area (TPSA) is 66.1 Å². The van der Waals surface area contributed by atoms with E-state index >= 15 is 0 Å². The van der Waals surface area contributed by atoms with Gasteiger partial charge in [0, 0.05) is 23.2 Å². The summed E-state index contributed by atoms with van der Waals surface area (Å²) in [7, 11) is 0. The third kappa shape index (κ3) is 2.59. The number of thiazole rings is 1. The number of benzene rings is 1. The largest absolute Gasteiger partial charge is 0.332 e. The Morgan fingerprint density at radius 1 is 1.07 bits per heavy atom. The Bertz CT molecular complexity index is 1090. The number of hydrogen-bond acceptors (Lipinski definition) is 6. The molecule has 2 aliphatic rings. The van der Waals surface area contributed by atoms with Crippen molar-refractivity contribution >= 4 is 52.8 Å². The van der Waals surface area contributed by atoms with Crippen LogP contribution in [-0.2, 0) is 9.59 Å². The minimum absolute atomic E-state index is 0.164. The molecule has 0 aliphatic carbocycles. The summed E-state index contributed by atoms with van der Waals surface area (Å²) in [5.74, 6) is -1.04. The molecule has 4 heterocycles. The molecule has 1 aromatic carbocycles. The number of imide groups is 1. The van der Waals surface area contributed by atoms with E-state index in [2.05, 4.69) is 9.97 Å². The van der Waals surface area contributed by atoms with Crippen molar-refractivity contribution in [2.24, 2.45) is 5.92 Å². The molecule has 5 nitrogen and oxygen atoms in total. The van der Waals surface area contributed by atoms with Crippen molar-refractivity contribution < 1.29 is 9.59 Å². The first-order chi connectivity index (χ1) is 13.1. The molecular formula is C19H13N3O2S3. The molecule has 0 bridgehead atoms. The molecule has 3 atom stereocenters. The van der Waals surface area contributed by atoms with Gasteiger partial charge in [0.25, 0.3) is 0 Å². The quantitative estimate of drug-likeness (QED) is 0.510. The molecule has 1 saturated heterocycles. The molecule has 0 saturated carbocycles. The zero-order valence-corrected chi connectivity index (χ0v) is 16.3. The number of carbonyl (C=O) groups is 2. The summed E-state index contributed by atoms with van der Waals surface area (Å²) in [6, 6.07) is 12.9. The van der Waals surface area contributed by atoms with Gasteiger partial charge in [0.05, 0.1) is 16.6 Å². The van der Waals surface area contributed by atoms with E-state index in [1.165, 1.54) is 28.0 Å². The van der Waals surface area contributed by atoms with Gasteiger partial charge in [-0.25, -0.2) is 4.90 Å². The Labute approximate surface area is 168 Å². The number of anilines is 1. The van der Waals surface area contributed by atoms with Crippen LogP contribution in [-0.4, -0.2) is 27.0 Å². The molecule has 27 heavy (non-hydrogen) atoms. The number of para-hydroxylation sites is 1. The Hall–Kier alpha value is -2.29. The number of amides is 2. The van der Waals surface area contributed by atoms with E-state index in [0.29, 0.717) is 9.64 Å². The number of nitrogens with one attached hydrogen (secondary N) is 1. The lowest BCUT2D eigenvalue weighted by atomic mass is 9.84. The van der Waals surface area contributed by atoms with Crippen LogP contribution in [0, 0.1) is 9.87 Å². The van der Waals surface area contributed by atoms with Crippen LogP contribution in [0.4, 0.5) is 5.69 Å². The molecule has 1 fully saturated rings. The van der Waals surface area contributed by atoms with Crippen molar-refractivity contribution in [3.05, 3.63) is 69.3 Å². The molecule has 3 aromatic rings. The van der Waals surface area contributed by atoms with Gasteiger partial charge in [-0.2, -0.15) is 0 Å². The second-order valence-corrected chi connectivity index (χ2v) is 9.25. The lowest BCUT2D eigenvalue weighted by Crippen LogP contribution is -2.32. The zero-order valence-electron chi connectivity index (χ0n) is 13.9. The SMILES string of the molecule is O=C1C2Sc3[nH]c(=S)sc3C(c3cccnc3)C2C(=O)N1c1ccccc1. The van der Waals surface area contributed by atoms with Gasteiger partial charge in [-0.15, -0.1) is 11.3 Å². The first-order valence-electron chi connectivity index (χ1n) is 8.37. The normalized spacial score (nSPS) is 24.0. The molecule has 2 aromatic heterocycles. The van der Waals surface area contributed by atoms with Gasteiger partial charge >= 0.3 is 0 Å². The number of pyridine rings is 1. The highest BCUT2D eigenvalue weighted by Gasteiger charge is 2.56. The van der Waals surface area contributed by atoms with E-state index in [4.69, 9.17) is 12.2 Å². The molecule has 0 spiro atoms. The lowest BCUT2D eigenvalue weighted by molar-refractivity contribution is -0.122. The molecule has 2 aliphatic heterocycles. The van der Waals surface area contributed by atoms with Gasteiger partial charge in [-0.1, -0.05) is 36.0 Å². The Balaban J connectivity index is 1.67. The smallest absolute Gasteiger partial charge is 0.248 e. The molecule has 3 unspecified atom stereocenters. The second kappa shape index (κ2) is 6.40. The predicted octanol–water partition coefficient (Wildman–Crippen LogP) is 4.00. The van der Waals surface area contributed by atoms with Crippen molar-refractivity contribution in [2.75, 3.05) is 4.90 Å². The average molecular weight is 412 g/mol. The summed E-state index contributed by atoms with van der Waals surface area (Å²) in [6.07, 6.45) is 3.48. The standard InChI is InChI=1S/C19H13N3O2S3/c23-17-13-12(10-5-4-8-20-9-10)14-16(21-19(25)27-14)26-15(13)18(24)22(17)11-6-2-1-3-7-11/h1-9,12-13,15H,(H,21,25). The van der Waals surface area contributed by atoms with Gasteiger partial charge < -0.3 is 4.98 Å². The van der Waals surface area contributed by atoms with Crippen LogP contribution in [0.1, 0.15) is 16.4 Å². The van der Waals surface area contributed by atoms with Crippen LogP contribution in [0.2, 0.25) is 0 Å². The first-order valence-corrected chi connectivity index (χ1v) is 10.5. The van der Waals surface area contributed by atoms with Gasteiger partial charge in [-0.3, -0.25) is 14.6 Å². The van der Waals surface area contributed by atoms with Gasteiger partial charge in [0.2, 0.25) is 11.8 Å². The molecule has 2 amide bonds. The predicted molar refractivity (Wildman–Crippen MR) is 108 cm³/mol. The number of aromatic nitrogens is 2. The van der Waals surface area contributed by atoms with E-state index in [-0.39, 0.29) is 17.7 Å². The lowest BCUT2D eigenvalue weighted by Gasteiger charge is -2.29. The fourth-order valence-electron chi connectivity index (χ4n) is 3.77. The van der Waals surface area contributed by atoms with Crippen molar-refractivity contribution in [3.63, 3.8) is 0 Å². The van der Waals surface area contributed by atoms with E-state index in [1.807, 2.05) is 30.3 Å². The number of hydrogen-bond donors (Lipinski definition) is 1. The fourth-order valence-corrected chi connectivity index (χ4v) is 6.73. The average Bonchev–Trinajstić information content (AvgIpc) is 3.18. The van der Waals surface area contributed by atoms with Crippen LogP contribution < -0.4 is 4.90 Å². The van der Waals surface area contributed by atoms with E-state index < -0.39 is 11.2 Å². The first kappa shape index (κ1) is 16.9. The van der Waals surface area contributed by atoms with Crippen LogP contribution >= 0.6 is 35.3 Å². The number of aromatic amines is 1. The molecular weight excluding hydrogens is 398 g/mol. The summed E-state index contributed by atoms with van der Waals surface area (Å²) >= 11 is 8.21. The van der Waals surface area contributed by atoms with Crippen molar-refractivity contribution in [1.82, 2.24) is 9.97 Å². The minimum atomic E-state index is -0.476. The van der Waals surface area contributed by atoms with Crippen LogP contribution in [0.3, 0.4) is 0 Å². The summed E-state index contributed by atoms with van der Waals surface area (Å²) in [5, 5.41) is 0.409. The maximum Gasteiger partial charge on any atom is 0.248 e. The maximum absolute atomic E-state index is 13.4. The monoisotopic (exact) mass is 411 g/mol. The number of rotatable bonds is 2. The Morgan fingerprint density at radius 2 is 1.89 bits per heavy atom. The molecule has 134 valence electrons. The number of nitrogens with zero attached hydrogens (tertiary/aromatic N) is 2. The molecule has 0 radical (unpaired) electrons. The Kier molecular flexibility index (Phi) is 3.99. The zero-order chi connectivity index (χ0) is 18.5. The van der Waals surface area contributed by atoms with Crippen molar-refractivity contribution in [2.45, 2.75) is 16.2 Å². The highest BCUT2D eigenvalue weighted by molar-refractivity contribution is 8.01. The second-order valence-electron chi connectivity index (χ2n) is 6.38. The van der Waals surface area contributed by atoms with Crippen LogP contribution in [0.5, 0.6) is 0 Å². The van der Waals surface area contributed by atoms with Crippen molar-refractivity contribution in [3.8, 4) is 0 Å². The van der Waals surface area contributed by atoms with Gasteiger partial charge in [-0.05, 0) is 36.0 Å². The molecule has 1 N–H and O–H groups in total. The van der Waals surface area contributed by atoms with E-state index in [9.17, 15) is 9.59 Å². The van der Waals surface area contributed by atoms with Gasteiger partial charge in [0.15, 0.2) is 3.95 Å². The highest BCUT2D eigenvalue weighted by atomic mass is 32.2. The van der Waals surface area contributed by atoms with Crippen LogP contribution in [0.15, 0.2) is 59.9 Å². The van der Waals surface area contributed by atoms with Crippen molar-refractivity contribution in [1.29, 1.82) is 0 Å². The number of carbonyl (C=O) groups excluding carboxylic acids is 2. The third-order valence-electron chi connectivity index (χ3n) is 4.88. The summed E-state index contributed by atoms with van der Waals surface area (Å²) in [5.41, 5.74) is 1.54. The fraction of sp³-hybridized carbons (Fsp3) is 0.158.